The molecular formula is C12H17N5. The summed E-state index contributed by atoms with van der Waals surface area (Å²) < 4.78 is 1.88. The van der Waals surface area contributed by atoms with Gasteiger partial charge in [-0.3, -0.25) is 0 Å². The fourth-order valence-corrected chi connectivity index (χ4v) is 2.00. The molecule has 0 aliphatic carbocycles. The molecule has 5 heteroatoms. The molecule has 2 N–H and O–H groups in total. The Morgan fingerprint density at radius 1 is 1.29 bits per heavy atom. The van der Waals surface area contributed by atoms with Gasteiger partial charge < -0.3 is 10.3 Å². The van der Waals surface area contributed by atoms with Gasteiger partial charge in [0.2, 0.25) is 0 Å². The zero-order valence-electron chi connectivity index (χ0n) is 10.6. The Bertz CT molecular complexity index is 519. The standard InChI is InChI=1S/C12H17N5/c1-7(2)9-8(3)15-11(16-10(9)13)12-14-5-6-17(12)4/h5-7H,1-4H3,(H2,13,15,16). The first-order chi connectivity index (χ1) is 8.00. The first kappa shape index (κ1) is 11.6. The van der Waals surface area contributed by atoms with E-state index in [9.17, 15) is 0 Å². The van der Waals surface area contributed by atoms with E-state index >= 15 is 0 Å². The molecule has 2 aromatic rings. The van der Waals surface area contributed by atoms with Crippen molar-refractivity contribution in [1.82, 2.24) is 19.5 Å². The fraction of sp³-hybridized carbons (Fsp3) is 0.417. The van der Waals surface area contributed by atoms with Gasteiger partial charge in [-0.15, -0.1) is 0 Å². The Labute approximate surface area is 101 Å². The molecule has 17 heavy (non-hydrogen) atoms. The van der Waals surface area contributed by atoms with Crippen LogP contribution in [0.2, 0.25) is 0 Å². The predicted molar refractivity (Wildman–Crippen MR) is 67.5 cm³/mol. The van der Waals surface area contributed by atoms with Crippen molar-refractivity contribution < 1.29 is 0 Å². The van der Waals surface area contributed by atoms with Crippen LogP contribution in [-0.2, 0) is 7.05 Å². The smallest absolute Gasteiger partial charge is 0.198 e. The van der Waals surface area contributed by atoms with Crippen LogP contribution < -0.4 is 5.73 Å². The molecule has 0 saturated carbocycles. The summed E-state index contributed by atoms with van der Waals surface area (Å²) in [5.41, 5.74) is 7.93. The number of nitrogen functional groups attached to an aromatic ring is 1. The lowest BCUT2D eigenvalue weighted by Gasteiger charge is -2.12. The van der Waals surface area contributed by atoms with E-state index in [0.29, 0.717) is 17.6 Å². The molecule has 0 aliphatic heterocycles. The molecule has 0 spiro atoms. The van der Waals surface area contributed by atoms with Gasteiger partial charge in [0, 0.05) is 30.7 Å². The largest absolute Gasteiger partial charge is 0.383 e. The van der Waals surface area contributed by atoms with Crippen molar-refractivity contribution in [2.75, 3.05) is 5.73 Å². The number of rotatable bonds is 2. The number of hydrogen-bond acceptors (Lipinski definition) is 4. The molecule has 0 radical (unpaired) electrons. The lowest BCUT2D eigenvalue weighted by atomic mass is 10.0. The van der Waals surface area contributed by atoms with Crippen LogP contribution in [0.3, 0.4) is 0 Å². The summed E-state index contributed by atoms with van der Waals surface area (Å²) in [7, 11) is 1.91. The third-order valence-electron chi connectivity index (χ3n) is 2.76. The minimum Gasteiger partial charge on any atom is -0.383 e. The average molecular weight is 231 g/mol. The molecule has 0 fully saturated rings. The number of hydrogen-bond donors (Lipinski definition) is 1. The Balaban J connectivity index is 2.57. The maximum absolute atomic E-state index is 5.99. The summed E-state index contributed by atoms with van der Waals surface area (Å²) in [5.74, 6) is 2.18. The van der Waals surface area contributed by atoms with Crippen LogP contribution in [0, 0.1) is 6.92 Å². The lowest BCUT2D eigenvalue weighted by molar-refractivity contribution is 0.829. The minimum absolute atomic E-state index is 0.324. The molecule has 0 aliphatic rings. The Morgan fingerprint density at radius 3 is 2.47 bits per heavy atom. The van der Waals surface area contributed by atoms with Crippen LogP contribution in [0.25, 0.3) is 11.6 Å². The van der Waals surface area contributed by atoms with Crippen molar-refractivity contribution in [3.05, 3.63) is 23.7 Å². The van der Waals surface area contributed by atoms with E-state index < -0.39 is 0 Å². The number of imidazole rings is 1. The summed E-state index contributed by atoms with van der Waals surface area (Å²) in [4.78, 5) is 13.1. The van der Waals surface area contributed by atoms with Gasteiger partial charge in [0.05, 0.1) is 0 Å². The second-order valence-electron chi connectivity index (χ2n) is 4.45. The molecule has 0 amide bonds. The van der Waals surface area contributed by atoms with Gasteiger partial charge in [-0.25, -0.2) is 15.0 Å². The third-order valence-corrected chi connectivity index (χ3v) is 2.76. The van der Waals surface area contributed by atoms with Gasteiger partial charge in [-0.2, -0.15) is 0 Å². The van der Waals surface area contributed by atoms with Crippen LogP contribution in [0.1, 0.15) is 31.0 Å². The van der Waals surface area contributed by atoms with E-state index in [1.807, 2.05) is 24.7 Å². The van der Waals surface area contributed by atoms with Gasteiger partial charge >= 0.3 is 0 Å². The van der Waals surface area contributed by atoms with Gasteiger partial charge in [-0.1, -0.05) is 13.8 Å². The molecule has 0 bridgehead atoms. The summed E-state index contributed by atoms with van der Waals surface area (Å²) in [6, 6.07) is 0. The van der Waals surface area contributed by atoms with E-state index in [1.54, 1.807) is 6.20 Å². The van der Waals surface area contributed by atoms with Crippen LogP contribution in [0.5, 0.6) is 0 Å². The van der Waals surface area contributed by atoms with E-state index in [1.165, 1.54) is 0 Å². The molecule has 2 heterocycles. The molecule has 2 rings (SSSR count). The minimum atomic E-state index is 0.324. The summed E-state index contributed by atoms with van der Waals surface area (Å²) in [6.45, 7) is 6.13. The van der Waals surface area contributed by atoms with Crippen LogP contribution in [0.15, 0.2) is 12.4 Å². The molecule has 0 saturated heterocycles. The normalized spacial score (nSPS) is 11.1. The van der Waals surface area contributed by atoms with Crippen LogP contribution >= 0.6 is 0 Å². The number of aromatic nitrogens is 4. The zero-order chi connectivity index (χ0) is 12.6. The highest BCUT2D eigenvalue weighted by atomic mass is 15.1. The van der Waals surface area contributed by atoms with Crippen molar-refractivity contribution in [2.24, 2.45) is 7.05 Å². The van der Waals surface area contributed by atoms with Crippen molar-refractivity contribution in [3.8, 4) is 11.6 Å². The van der Waals surface area contributed by atoms with E-state index in [-0.39, 0.29) is 0 Å². The van der Waals surface area contributed by atoms with Gasteiger partial charge in [0.15, 0.2) is 11.6 Å². The molecule has 0 atom stereocenters. The predicted octanol–water partition coefficient (Wildman–Crippen LogP) is 1.89. The number of nitrogens with zero attached hydrogens (tertiary/aromatic N) is 4. The SMILES string of the molecule is Cc1nc(-c2nccn2C)nc(N)c1C(C)C. The van der Waals surface area contributed by atoms with Crippen molar-refractivity contribution in [1.29, 1.82) is 0 Å². The highest BCUT2D eigenvalue weighted by Gasteiger charge is 2.15. The molecule has 0 unspecified atom stereocenters. The third kappa shape index (κ3) is 2.00. The number of aryl methyl sites for hydroxylation is 2. The quantitative estimate of drug-likeness (QED) is 0.856. The maximum Gasteiger partial charge on any atom is 0.198 e. The summed E-state index contributed by atoms with van der Waals surface area (Å²) in [5, 5.41) is 0. The van der Waals surface area contributed by atoms with E-state index in [2.05, 4.69) is 28.8 Å². The maximum atomic E-state index is 5.99. The first-order valence-corrected chi connectivity index (χ1v) is 5.62. The van der Waals surface area contributed by atoms with Crippen molar-refractivity contribution >= 4 is 5.82 Å². The second kappa shape index (κ2) is 4.16. The summed E-state index contributed by atoms with van der Waals surface area (Å²) >= 11 is 0. The molecular weight excluding hydrogens is 214 g/mol. The topological polar surface area (TPSA) is 69.6 Å². The number of anilines is 1. The van der Waals surface area contributed by atoms with Gasteiger partial charge in [0.1, 0.15) is 5.82 Å². The van der Waals surface area contributed by atoms with Gasteiger partial charge in [-0.05, 0) is 12.8 Å². The van der Waals surface area contributed by atoms with E-state index in [0.717, 1.165) is 17.1 Å². The molecule has 5 nitrogen and oxygen atoms in total. The summed E-state index contributed by atoms with van der Waals surface area (Å²) in [6.07, 6.45) is 3.58. The van der Waals surface area contributed by atoms with Crippen molar-refractivity contribution in [3.63, 3.8) is 0 Å². The highest BCUT2D eigenvalue weighted by molar-refractivity contribution is 5.53. The second-order valence-corrected chi connectivity index (χ2v) is 4.45. The monoisotopic (exact) mass is 231 g/mol. The Morgan fingerprint density at radius 2 is 2.00 bits per heavy atom. The van der Waals surface area contributed by atoms with E-state index in [4.69, 9.17) is 5.73 Å². The molecule has 0 aromatic carbocycles. The van der Waals surface area contributed by atoms with Crippen LogP contribution in [-0.4, -0.2) is 19.5 Å². The number of nitrogens with two attached hydrogens (primary N) is 1. The Kier molecular flexibility index (Phi) is 2.83. The highest BCUT2D eigenvalue weighted by Crippen LogP contribution is 2.25. The lowest BCUT2D eigenvalue weighted by Crippen LogP contribution is -2.08. The molecule has 90 valence electrons. The zero-order valence-corrected chi connectivity index (χ0v) is 10.6. The van der Waals surface area contributed by atoms with Crippen LogP contribution in [0.4, 0.5) is 5.82 Å². The molecule has 2 aromatic heterocycles. The van der Waals surface area contributed by atoms with Crippen molar-refractivity contribution in [2.45, 2.75) is 26.7 Å². The first-order valence-electron chi connectivity index (χ1n) is 5.62. The average Bonchev–Trinajstić information content (AvgIpc) is 2.62. The van der Waals surface area contributed by atoms with Gasteiger partial charge in [0.25, 0.3) is 0 Å². The Hall–Kier alpha value is -1.91. The fourth-order valence-electron chi connectivity index (χ4n) is 2.00.